The molecular formula is C10H16O. The first kappa shape index (κ1) is 8.51. The molecule has 0 N–H and O–H groups in total. The standard InChI is InChI=1S/C10H16O/c1-2-3-4-5-6-10(9-11)7-8-10/h5-6,9H,2-4,7-8H2,1H3/b6-5+. The Bertz CT molecular complexity index is 154. The van der Waals surface area contributed by atoms with Crippen LogP contribution < -0.4 is 0 Å². The minimum absolute atomic E-state index is 0.0201. The van der Waals surface area contributed by atoms with E-state index in [1.807, 2.05) is 0 Å². The van der Waals surface area contributed by atoms with Crippen LogP contribution in [0.25, 0.3) is 0 Å². The van der Waals surface area contributed by atoms with Gasteiger partial charge in [-0.15, -0.1) is 0 Å². The van der Waals surface area contributed by atoms with Crippen molar-refractivity contribution in [1.29, 1.82) is 0 Å². The fraction of sp³-hybridized carbons (Fsp3) is 0.700. The Balaban J connectivity index is 2.18. The molecule has 1 rings (SSSR count). The third kappa shape index (κ3) is 2.49. The highest BCUT2D eigenvalue weighted by Crippen LogP contribution is 2.44. The lowest BCUT2D eigenvalue weighted by atomic mass is 10.1. The largest absolute Gasteiger partial charge is 0.302 e. The van der Waals surface area contributed by atoms with Gasteiger partial charge in [0.1, 0.15) is 6.29 Å². The van der Waals surface area contributed by atoms with Gasteiger partial charge in [-0.3, -0.25) is 0 Å². The highest BCUT2D eigenvalue weighted by molar-refractivity contribution is 5.66. The first-order chi connectivity index (χ1) is 5.33. The summed E-state index contributed by atoms with van der Waals surface area (Å²) in [5.74, 6) is 0. The molecule has 1 heteroatoms. The van der Waals surface area contributed by atoms with E-state index in [1.165, 1.54) is 12.8 Å². The second-order valence-corrected chi connectivity index (χ2v) is 3.40. The molecule has 0 radical (unpaired) electrons. The summed E-state index contributed by atoms with van der Waals surface area (Å²) in [6, 6.07) is 0. The molecule has 1 fully saturated rings. The lowest BCUT2D eigenvalue weighted by Gasteiger charge is -1.95. The van der Waals surface area contributed by atoms with Crippen LogP contribution in [0, 0.1) is 5.41 Å². The Labute approximate surface area is 68.5 Å². The number of hydrogen-bond acceptors (Lipinski definition) is 1. The molecule has 0 unspecified atom stereocenters. The van der Waals surface area contributed by atoms with Crippen LogP contribution in [0.15, 0.2) is 12.2 Å². The molecule has 0 aliphatic heterocycles. The van der Waals surface area contributed by atoms with Gasteiger partial charge in [-0.05, 0) is 19.3 Å². The van der Waals surface area contributed by atoms with E-state index in [2.05, 4.69) is 19.1 Å². The molecule has 0 bridgehead atoms. The fourth-order valence-corrected chi connectivity index (χ4v) is 1.11. The molecule has 0 aromatic rings. The quantitative estimate of drug-likeness (QED) is 0.336. The van der Waals surface area contributed by atoms with E-state index < -0.39 is 0 Å². The SMILES string of the molecule is CCCC/C=C/C1(C=O)CC1. The number of carbonyl (C=O) groups is 1. The van der Waals surface area contributed by atoms with Gasteiger partial charge < -0.3 is 4.79 Å². The highest BCUT2D eigenvalue weighted by atomic mass is 16.1. The number of rotatable bonds is 5. The maximum Gasteiger partial charge on any atom is 0.129 e. The molecule has 0 spiro atoms. The maximum absolute atomic E-state index is 10.5. The zero-order valence-corrected chi connectivity index (χ0v) is 7.18. The molecule has 1 aliphatic rings. The van der Waals surface area contributed by atoms with Crippen molar-refractivity contribution in [1.82, 2.24) is 0 Å². The van der Waals surface area contributed by atoms with E-state index in [1.54, 1.807) is 0 Å². The highest BCUT2D eigenvalue weighted by Gasteiger charge is 2.39. The van der Waals surface area contributed by atoms with Gasteiger partial charge in [0, 0.05) is 5.41 Å². The van der Waals surface area contributed by atoms with Crippen molar-refractivity contribution in [3.63, 3.8) is 0 Å². The molecule has 0 aromatic carbocycles. The minimum Gasteiger partial charge on any atom is -0.302 e. The average Bonchev–Trinajstić information content (AvgIpc) is 2.80. The summed E-state index contributed by atoms with van der Waals surface area (Å²) in [6.07, 6.45) is 11.1. The molecule has 11 heavy (non-hydrogen) atoms. The summed E-state index contributed by atoms with van der Waals surface area (Å²) in [6.45, 7) is 2.18. The monoisotopic (exact) mass is 152 g/mol. The zero-order valence-electron chi connectivity index (χ0n) is 7.18. The van der Waals surface area contributed by atoms with E-state index in [-0.39, 0.29) is 5.41 Å². The van der Waals surface area contributed by atoms with Crippen molar-refractivity contribution in [3.8, 4) is 0 Å². The van der Waals surface area contributed by atoms with Crippen molar-refractivity contribution >= 4 is 6.29 Å². The second kappa shape index (κ2) is 3.70. The van der Waals surface area contributed by atoms with Crippen molar-refractivity contribution in [2.75, 3.05) is 0 Å². The summed E-state index contributed by atoms with van der Waals surface area (Å²) in [7, 11) is 0. The minimum atomic E-state index is -0.0201. The Morgan fingerprint density at radius 2 is 2.18 bits per heavy atom. The summed E-state index contributed by atoms with van der Waals surface area (Å²) in [4.78, 5) is 10.5. The van der Waals surface area contributed by atoms with Gasteiger partial charge in [0.05, 0.1) is 0 Å². The van der Waals surface area contributed by atoms with E-state index in [4.69, 9.17) is 0 Å². The number of allylic oxidation sites excluding steroid dienone is 2. The molecule has 1 aliphatic carbocycles. The maximum atomic E-state index is 10.5. The summed E-state index contributed by atoms with van der Waals surface area (Å²) < 4.78 is 0. The first-order valence-electron chi connectivity index (χ1n) is 4.47. The van der Waals surface area contributed by atoms with Crippen LogP contribution in [0.5, 0.6) is 0 Å². The van der Waals surface area contributed by atoms with Crippen molar-refractivity contribution in [3.05, 3.63) is 12.2 Å². The zero-order chi connectivity index (χ0) is 8.16. The van der Waals surface area contributed by atoms with Crippen LogP contribution >= 0.6 is 0 Å². The van der Waals surface area contributed by atoms with Crippen molar-refractivity contribution in [2.24, 2.45) is 5.41 Å². The van der Waals surface area contributed by atoms with E-state index in [0.29, 0.717) is 0 Å². The van der Waals surface area contributed by atoms with Crippen LogP contribution in [0.2, 0.25) is 0 Å². The first-order valence-corrected chi connectivity index (χ1v) is 4.47. The fourth-order valence-electron chi connectivity index (χ4n) is 1.11. The third-order valence-corrected chi connectivity index (χ3v) is 2.24. The van der Waals surface area contributed by atoms with Crippen molar-refractivity contribution < 1.29 is 4.79 Å². The molecule has 0 aromatic heterocycles. The van der Waals surface area contributed by atoms with E-state index in [0.717, 1.165) is 25.5 Å². The smallest absolute Gasteiger partial charge is 0.129 e. The van der Waals surface area contributed by atoms with Crippen molar-refractivity contribution in [2.45, 2.75) is 39.0 Å². The van der Waals surface area contributed by atoms with Crippen LogP contribution in [0.1, 0.15) is 39.0 Å². The average molecular weight is 152 g/mol. The summed E-state index contributed by atoms with van der Waals surface area (Å²) in [5.41, 5.74) is -0.0201. The molecule has 1 nitrogen and oxygen atoms in total. The molecule has 0 heterocycles. The lowest BCUT2D eigenvalue weighted by molar-refractivity contribution is -0.110. The number of unbranched alkanes of at least 4 members (excludes halogenated alkanes) is 2. The lowest BCUT2D eigenvalue weighted by Crippen LogP contribution is -1.94. The molecule has 0 amide bonds. The van der Waals surface area contributed by atoms with Gasteiger partial charge in [0.15, 0.2) is 0 Å². The van der Waals surface area contributed by atoms with Crippen LogP contribution in [-0.4, -0.2) is 6.29 Å². The third-order valence-electron chi connectivity index (χ3n) is 2.24. The van der Waals surface area contributed by atoms with Crippen LogP contribution in [-0.2, 0) is 4.79 Å². The Hall–Kier alpha value is -0.590. The van der Waals surface area contributed by atoms with Gasteiger partial charge >= 0.3 is 0 Å². The Morgan fingerprint density at radius 3 is 2.64 bits per heavy atom. The van der Waals surface area contributed by atoms with Gasteiger partial charge in [-0.1, -0.05) is 31.9 Å². The Kier molecular flexibility index (Phi) is 2.86. The number of hydrogen-bond donors (Lipinski definition) is 0. The second-order valence-electron chi connectivity index (χ2n) is 3.40. The van der Waals surface area contributed by atoms with E-state index in [9.17, 15) is 4.79 Å². The van der Waals surface area contributed by atoms with Crippen LogP contribution in [0.3, 0.4) is 0 Å². The predicted molar refractivity (Wildman–Crippen MR) is 46.4 cm³/mol. The molecule has 62 valence electrons. The van der Waals surface area contributed by atoms with Gasteiger partial charge in [-0.25, -0.2) is 0 Å². The predicted octanol–water partition coefficient (Wildman–Crippen LogP) is 2.71. The topological polar surface area (TPSA) is 17.1 Å². The summed E-state index contributed by atoms with van der Waals surface area (Å²) in [5, 5.41) is 0. The van der Waals surface area contributed by atoms with Gasteiger partial charge in [-0.2, -0.15) is 0 Å². The normalized spacial score (nSPS) is 20.5. The molecule has 0 saturated heterocycles. The molecular weight excluding hydrogens is 136 g/mol. The van der Waals surface area contributed by atoms with Crippen LogP contribution in [0.4, 0.5) is 0 Å². The number of aldehydes is 1. The van der Waals surface area contributed by atoms with Gasteiger partial charge in [0.25, 0.3) is 0 Å². The number of carbonyl (C=O) groups excluding carboxylic acids is 1. The molecule has 0 atom stereocenters. The van der Waals surface area contributed by atoms with Gasteiger partial charge in [0.2, 0.25) is 0 Å². The molecule has 1 saturated carbocycles. The van der Waals surface area contributed by atoms with E-state index >= 15 is 0 Å². The summed E-state index contributed by atoms with van der Waals surface area (Å²) >= 11 is 0. The Morgan fingerprint density at radius 1 is 1.45 bits per heavy atom.